The van der Waals surface area contributed by atoms with Gasteiger partial charge < -0.3 is 10.2 Å². The summed E-state index contributed by atoms with van der Waals surface area (Å²) >= 11 is 1.52. The van der Waals surface area contributed by atoms with E-state index < -0.39 is 23.9 Å². The molecule has 1 spiro atoms. The highest BCUT2D eigenvalue weighted by Gasteiger charge is 2.45. The summed E-state index contributed by atoms with van der Waals surface area (Å²) in [5.74, 6) is -0.0143. The van der Waals surface area contributed by atoms with Crippen LogP contribution in [0.5, 0.6) is 0 Å². The van der Waals surface area contributed by atoms with E-state index in [-0.39, 0.29) is 11.3 Å². The van der Waals surface area contributed by atoms with E-state index in [1.165, 1.54) is 29.9 Å². The number of rotatable bonds is 4. The van der Waals surface area contributed by atoms with Crippen molar-refractivity contribution in [1.82, 2.24) is 4.98 Å². The van der Waals surface area contributed by atoms with E-state index in [4.69, 9.17) is 4.98 Å². The van der Waals surface area contributed by atoms with Gasteiger partial charge in [0.1, 0.15) is 6.10 Å². The summed E-state index contributed by atoms with van der Waals surface area (Å²) in [6.07, 6.45) is -1.45. The predicted octanol–water partition coefficient (Wildman–Crippen LogP) is 7.18. The minimum absolute atomic E-state index is 0.0143. The minimum Gasteiger partial charge on any atom is -0.388 e. The lowest BCUT2D eigenvalue weighted by Crippen LogP contribution is -2.38. The van der Waals surface area contributed by atoms with Gasteiger partial charge in [0.15, 0.2) is 0 Å². The number of pyridine rings is 1. The van der Waals surface area contributed by atoms with Gasteiger partial charge in [-0.25, -0.2) is 0 Å². The zero-order valence-electron chi connectivity index (χ0n) is 19.2. The molecule has 7 heteroatoms. The van der Waals surface area contributed by atoms with Gasteiger partial charge in [-0.15, -0.1) is 11.3 Å². The number of nitrogens with zero attached hydrogens (tertiary/aromatic N) is 1. The number of thiophene rings is 1. The SMILES string of the molecule is CC(C)c1nc2c(c(-c3cccs3)c1[C@@H](O)c1ccc(C(F)(F)F)cc1)[C@@H](O)CC1(CCC1)C2. The average Bonchev–Trinajstić information content (AvgIpc) is 3.30. The Morgan fingerprint density at radius 3 is 2.35 bits per heavy atom. The molecule has 0 bridgehead atoms. The third-order valence-corrected chi connectivity index (χ3v) is 8.33. The van der Waals surface area contributed by atoms with Crippen LogP contribution in [0, 0.1) is 5.41 Å². The Kier molecular flexibility index (Phi) is 5.86. The number of fused-ring (bicyclic) bond motifs is 1. The van der Waals surface area contributed by atoms with Crippen LogP contribution in [0.25, 0.3) is 10.4 Å². The number of alkyl halides is 3. The summed E-state index contributed by atoms with van der Waals surface area (Å²) in [4.78, 5) is 5.94. The Morgan fingerprint density at radius 2 is 1.82 bits per heavy atom. The number of hydrogen-bond acceptors (Lipinski definition) is 4. The van der Waals surface area contributed by atoms with Gasteiger partial charge in [0.05, 0.1) is 17.4 Å². The lowest BCUT2D eigenvalue weighted by atomic mass is 9.59. The Morgan fingerprint density at radius 1 is 1.12 bits per heavy atom. The van der Waals surface area contributed by atoms with Gasteiger partial charge in [-0.05, 0) is 66.2 Å². The van der Waals surface area contributed by atoms with Gasteiger partial charge in [-0.3, -0.25) is 4.98 Å². The smallest absolute Gasteiger partial charge is 0.388 e. The molecule has 34 heavy (non-hydrogen) atoms. The number of aliphatic hydroxyl groups excluding tert-OH is 2. The van der Waals surface area contributed by atoms with E-state index in [9.17, 15) is 23.4 Å². The molecule has 5 rings (SSSR count). The molecule has 2 heterocycles. The van der Waals surface area contributed by atoms with Gasteiger partial charge in [0.25, 0.3) is 0 Å². The van der Waals surface area contributed by atoms with E-state index in [1.54, 1.807) is 0 Å². The minimum atomic E-state index is -4.44. The van der Waals surface area contributed by atoms with Crippen molar-refractivity contribution in [3.8, 4) is 10.4 Å². The molecule has 0 radical (unpaired) electrons. The molecule has 0 aliphatic heterocycles. The van der Waals surface area contributed by atoms with Crippen LogP contribution >= 0.6 is 11.3 Å². The lowest BCUT2D eigenvalue weighted by molar-refractivity contribution is -0.137. The summed E-state index contributed by atoms with van der Waals surface area (Å²) < 4.78 is 39.3. The van der Waals surface area contributed by atoms with Crippen LogP contribution in [0.4, 0.5) is 13.2 Å². The van der Waals surface area contributed by atoms with Crippen molar-refractivity contribution in [3.05, 3.63) is 75.4 Å². The van der Waals surface area contributed by atoms with E-state index in [0.29, 0.717) is 17.5 Å². The van der Waals surface area contributed by atoms with Gasteiger partial charge in [-0.1, -0.05) is 38.5 Å². The van der Waals surface area contributed by atoms with Crippen LogP contribution < -0.4 is 0 Å². The molecule has 2 aromatic heterocycles. The van der Waals surface area contributed by atoms with Crippen molar-refractivity contribution in [3.63, 3.8) is 0 Å². The molecule has 3 nitrogen and oxygen atoms in total. The molecule has 2 aliphatic rings. The predicted molar refractivity (Wildman–Crippen MR) is 127 cm³/mol. The number of aromatic nitrogens is 1. The van der Waals surface area contributed by atoms with E-state index in [2.05, 4.69) is 0 Å². The van der Waals surface area contributed by atoms with Crippen molar-refractivity contribution in [1.29, 1.82) is 0 Å². The van der Waals surface area contributed by atoms with Crippen LogP contribution in [0.2, 0.25) is 0 Å². The van der Waals surface area contributed by atoms with Gasteiger partial charge in [0.2, 0.25) is 0 Å². The summed E-state index contributed by atoms with van der Waals surface area (Å²) in [6.45, 7) is 4.02. The van der Waals surface area contributed by atoms with Gasteiger partial charge in [0, 0.05) is 27.3 Å². The Hall–Kier alpha value is -2.22. The molecule has 180 valence electrons. The second kappa shape index (κ2) is 8.47. The monoisotopic (exact) mass is 487 g/mol. The van der Waals surface area contributed by atoms with Crippen molar-refractivity contribution in [2.45, 2.75) is 70.3 Å². The quantitative estimate of drug-likeness (QED) is 0.410. The number of benzene rings is 1. The molecule has 0 saturated heterocycles. The maximum Gasteiger partial charge on any atom is 0.416 e. The van der Waals surface area contributed by atoms with Crippen LogP contribution in [-0.2, 0) is 12.6 Å². The van der Waals surface area contributed by atoms with Crippen LogP contribution in [0.1, 0.15) is 91.3 Å². The van der Waals surface area contributed by atoms with E-state index in [0.717, 1.165) is 58.8 Å². The second-order valence-corrected chi connectivity index (χ2v) is 11.0. The molecule has 0 amide bonds. The molecule has 2 atom stereocenters. The highest BCUT2D eigenvalue weighted by Crippen LogP contribution is 2.56. The highest BCUT2D eigenvalue weighted by atomic mass is 32.1. The first kappa shape index (κ1) is 23.5. The fourth-order valence-electron chi connectivity index (χ4n) is 5.60. The Balaban J connectivity index is 1.71. The molecule has 0 unspecified atom stereocenters. The number of aliphatic hydroxyl groups is 2. The first-order valence-electron chi connectivity index (χ1n) is 11.7. The third kappa shape index (κ3) is 3.97. The molecule has 1 fully saturated rings. The fourth-order valence-corrected chi connectivity index (χ4v) is 6.40. The molecule has 3 aromatic rings. The Bertz CT molecular complexity index is 1180. The summed E-state index contributed by atoms with van der Waals surface area (Å²) in [5, 5.41) is 24.8. The third-order valence-electron chi connectivity index (χ3n) is 7.44. The second-order valence-electron chi connectivity index (χ2n) is 10.1. The lowest BCUT2D eigenvalue weighted by Gasteiger charge is -2.47. The Labute approximate surface area is 201 Å². The molecular formula is C27H28F3NO2S. The topological polar surface area (TPSA) is 53.4 Å². The molecule has 2 N–H and O–H groups in total. The molecule has 1 saturated carbocycles. The van der Waals surface area contributed by atoms with Crippen LogP contribution in [0.3, 0.4) is 0 Å². The van der Waals surface area contributed by atoms with Gasteiger partial charge in [-0.2, -0.15) is 13.2 Å². The first-order valence-corrected chi connectivity index (χ1v) is 12.6. The average molecular weight is 488 g/mol. The van der Waals surface area contributed by atoms with Crippen molar-refractivity contribution >= 4 is 11.3 Å². The maximum absolute atomic E-state index is 13.1. The normalized spacial score (nSPS) is 20.3. The molecular weight excluding hydrogens is 459 g/mol. The first-order chi connectivity index (χ1) is 16.1. The van der Waals surface area contributed by atoms with Crippen molar-refractivity contribution in [2.24, 2.45) is 5.41 Å². The van der Waals surface area contributed by atoms with Crippen molar-refractivity contribution < 1.29 is 23.4 Å². The van der Waals surface area contributed by atoms with Crippen LogP contribution in [0.15, 0.2) is 41.8 Å². The molecule has 1 aromatic carbocycles. The van der Waals surface area contributed by atoms with Gasteiger partial charge >= 0.3 is 6.18 Å². The van der Waals surface area contributed by atoms with E-state index in [1.807, 2.05) is 31.4 Å². The zero-order chi connectivity index (χ0) is 24.3. The number of hydrogen-bond donors (Lipinski definition) is 2. The summed E-state index contributed by atoms with van der Waals surface area (Å²) in [6, 6.07) is 8.55. The highest BCUT2D eigenvalue weighted by molar-refractivity contribution is 7.13. The van der Waals surface area contributed by atoms with Crippen molar-refractivity contribution in [2.75, 3.05) is 0 Å². The number of halogens is 3. The zero-order valence-corrected chi connectivity index (χ0v) is 20.0. The van der Waals surface area contributed by atoms with E-state index >= 15 is 0 Å². The maximum atomic E-state index is 13.1. The standard InChI is InChI=1S/C27H28F3NO2S/c1-15(2)24-23(25(33)16-6-8-17(9-7-16)27(28,29)30)22(20-5-3-12-34-20)21-18(31-24)13-26(10-4-11-26)14-19(21)32/h3,5-9,12,15,19,25,32-33H,4,10-11,13-14H2,1-2H3/t19-,25-/m0/s1. The largest absolute Gasteiger partial charge is 0.416 e. The van der Waals surface area contributed by atoms with Crippen LogP contribution in [-0.4, -0.2) is 15.2 Å². The molecule has 2 aliphatic carbocycles. The summed E-state index contributed by atoms with van der Waals surface area (Å²) in [5.41, 5.74) is 3.49. The summed E-state index contributed by atoms with van der Waals surface area (Å²) in [7, 11) is 0. The fraction of sp³-hybridized carbons (Fsp3) is 0.444.